The Balaban J connectivity index is 1.12. The average molecular weight is 473 g/mol. The van der Waals surface area contributed by atoms with E-state index in [-0.39, 0.29) is 18.0 Å². The van der Waals surface area contributed by atoms with Gasteiger partial charge in [-0.25, -0.2) is 4.52 Å². The van der Waals surface area contributed by atoms with E-state index in [2.05, 4.69) is 50.4 Å². The Kier molecular flexibility index (Phi) is 6.92. The molecule has 182 valence electrons. The minimum atomic E-state index is -0.268. The van der Waals surface area contributed by atoms with Crippen molar-refractivity contribution in [3.05, 3.63) is 82.3 Å². The zero-order valence-corrected chi connectivity index (χ0v) is 20.2. The molecule has 8 nitrogen and oxygen atoms in total. The van der Waals surface area contributed by atoms with Gasteiger partial charge in [0.25, 0.3) is 5.56 Å². The van der Waals surface area contributed by atoms with Crippen LogP contribution in [0, 0.1) is 6.92 Å². The second-order valence-corrected chi connectivity index (χ2v) is 9.25. The Morgan fingerprint density at radius 2 is 1.69 bits per heavy atom. The predicted molar refractivity (Wildman–Crippen MR) is 137 cm³/mol. The summed E-state index contributed by atoms with van der Waals surface area (Å²) in [6.07, 6.45) is 0.921. The van der Waals surface area contributed by atoms with Gasteiger partial charge >= 0.3 is 0 Å². The third-order valence-corrected chi connectivity index (χ3v) is 6.73. The first-order valence-corrected chi connectivity index (χ1v) is 12.3. The molecular weight excluding hydrogens is 440 g/mol. The van der Waals surface area contributed by atoms with Crippen LogP contribution in [0.4, 0.5) is 0 Å². The second-order valence-electron chi connectivity index (χ2n) is 9.25. The number of piperazine rings is 1. The third kappa shape index (κ3) is 5.28. The molecule has 3 heterocycles. The Morgan fingerprint density at radius 1 is 0.971 bits per heavy atom. The van der Waals surface area contributed by atoms with Crippen molar-refractivity contribution >= 4 is 22.5 Å². The molecule has 0 atom stereocenters. The molecule has 0 bridgehead atoms. The van der Waals surface area contributed by atoms with Gasteiger partial charge in [0, 0.05) is 56.4 Å². The van der Waals surface area contributed by atoms with Crippen LogP contribution in [0.1, 0.15) is 17.7 Å². The molecule has 1 saturated heterocycles. The molecule has 2 aromatic carbocycles. The number of fused-ring (bicyclic) bond motifs is 3. The van der Waals surface area contributed by atoms with Gasteiger partial charge in [-0.05, 0) is 37.6 Å². The Hall–Kier alpha value is -3.49. The van der Waals surface area contributed by atoms with Crippen molar-refractivity contribution in [3.63, 3.8) is 0 Å². The van der Waals surface area contributed by atoms with E-state index in [9.17, 15) is 9.59 Å². The lowest BCUT2D eigenvalue weighted by Crippen LogP contribution is -2.46. The van der Waals surface area contributed by atoms with Crippen LogP contribution in [0.25, 0.3) is 16.6 Å². The fourth-order valence-electron chi connectivity index (χ4n) is 4.96. The topological polar surface area (TPSA) is 74.9 Å². The average Bonchev–Trinajstić information content (AvgIpc) is 3.17. The van der Waals surface area contributed by atoms with Crippen molar-refractivity contribution in [2.45, 2.75) is 26.4 Å². The van der Waals surface area contributed by atoms with Gasteiger partial charge in [0.1, 0.15) is 6.54 Å². The van der Waals surface area contributed by atoms with Crippen molar-refractivity contribution < 1.29 is 4.79 Å². The molecule has 5 rings (SSSR count). The molecule has 0 saturated carbocycles. The Bertz CT molecular complexity index is 1370. The van der Waals surface area contributed by atoms with Gasteiger partial charge in [0.05, 0.1) is 5.52 Å². The number of hydrogen-bond donors (Lipinski definition) is 1. The maximum absolute atomic E-state index is 12.8. The van der Waals surface area contributed by atoms with Gasteiger partial charge in [-0.2, -0.15) is 4.98 Å². The summed E-state index contributed by atoms with van der Waals surface area (Å²) in [5.41, 5.74) is 3.33. The zero-order chi connectivity index (χ0) is 24.2. The van der Waals surface area contributed by atoms with E-state index in [1.54, 1.807) is 0 Å². The first-order valence-electron chi connectivity index (χ1n) is 12.3. The van der Waals surface area contributed by atoms with E-state index in [4.69, 9.17) is 0 Å². The lowest BCUT2D eigenvalue weighted by molar-refractivity contribution is -0.121. The number of carbonyl (C=O) groups excluding carboxylic acids is 1. The highest BCUT2D eigenvalue weighted by atomic mass is 16.2. The van der Waals surface area contributed by atoms with Crippen LogP contribution in [0.3, 0.4) is 0 Å². The molecule has 35 heavy (non-hydrogen) atoms. The van der Waals surface area contributed by atoms with Crippen molar-refractivity contribution in [2.24, 2.45) is 0 Å². The number of rotatable bonds is 8. The number of para-hydroxylation sites is 1. The number of nitrogens with one attached hydrogen (secondary N) is 1. The molecule has 1 aliphatic heterocycles. The number of aryl methyl sites for hydroxylation is 1. The SMILES string of the molecule is Cc1cc(=O)nc2c3ccccc3n(CC(=O)NCCCN3CCN(Cc4ccccc4)CC3)n12. The first kappa shape index (κ1) is 23.3. The van der Waals surface area contributed by atoms with Crippen molar-refractivity contribution in [1.82, 2.24) is 29.3 Å². The summed E-state index contributed by atoms with van der Waals surface area (Å²) in [6, 6.07) is 19.9. The maximum Gasteiger partial charge on any atom is 0.273 e. The lowest BCUT2D eigenvalue weighted by atomic mass is 10.2. The normalized spacial score (nSPS) is 15.1. The van der Waals surface area contributed by atoms with Crippen molar-refractivity contribution in [3.8, 4) is 0 Å². The lowest BCUT2D eigenvalue weighted by Gasteiger charge is -2.34. The van der Waals surface area contributed by atoms with E-state index >= 15 is 0 Å². The molecule has 0 radical (unpaired) electrons. The summed E-state index contributed by atoms with van der Waals surface area (Å²) in [4.78, 5) is 33.9. The molecule has 8 heteroatoms. The van der Waals surface area contributed by atoms with Gasteiger partial charge < -0.3 is 10.2 Å². The van der Waals surface area contributed by atoms with Gasteiger partial charge in [-0.1, -0.05) is 42.5 Å². The van der Waals surface area contributed by atoms with Crippen LogP contribution in [0.15, 0.2) is 65.5 Å². The molecule has 0 unspecified atom stereocenters. The standard InChI is InChI=1S/C27H32N6O2/c1-21-18-25(34)29-27-23-10-5-6-11-24(23)32(33(21)27)20-26(35)28-12-7-13-30-14-16-31(17-15-30)19-22-8-3-2-4-9-22/h2-6,8-11,18H,7,12-17,19-20H2,1H3,(H,28,35). The van der Waals surface area contributed by atoms with Crippen LogP contribution in [0.5, 0.6) is 0 Å². The zero-order valence-electron chi connectivity index (χ0n) is 20.2. The number of amides is 1. The van der Waals surface area contributed by atoms with Crippen LogP contribution in [0.2, 0.25) is 0 Å². The van der Waals surface area contributed by atoms with Crippen LogP contribution >= 0.6 is 0 Å². The van der Waals surface area contributed by atoms with Crippen LogP contribution < -0.4 is 10.9 Å². The summed E-state index contributed by atoms with van der Waals surface area (Å²) in [5, 5.41) is 3.94. The number of hydrogen-bond acceptors (Lipinski definition) is 5. The monoisotopic (exact) mass is 472 g/mol. The minimum absolute atomic E-state index is 0.0431. The highest BCUT2D eigenvalue weighted by Gasteiger charge is 2.17. The molecule has 0 aliphatic carbocycles. The van der Waals surface area contributed by atoms with Crippen LogP contribution in [-0.2, 0) is 17.9 Å². The van der Waals surface area contributed by atoms with E-state index in [1.807, 2.05) is 40.4 Å². The third-order valence-electron chi connectivity index (χ3n) is 6.73. The molecule has 4 aromatic rings. The molecule has 0 spiro atoms. The van der Waals surface area contributed by atoms with Gasteiger partial charge in [-0.3, -0.25) is 19.2 Å². The van der Waals surface area contributed by atoms with Gasteiger partial charge in [-0.15, -0.1) is 0 Å². The van der Waals surface area contributed by atoms with Gasteiger partial charge in [0.2, 0.25) is 5.91 Å². The van der Waals surface area contributed by atoms with Crippen molar-refractivity contribution in [1.29, 1.82) is 0 Å². The second kappa shape index (κ2) is 10.4. The Labute approximate surface area is 204 Å². The molecule has 1 aliphatic rings. The number of benzene rings is 2. The number of aromatic nitrogens is 3. The molecule has 1 N–H and O–H groups in total. The van der Waals surface area contributed by atoms with Crippen molar-refractivity contribution in [2.75, 3.05) is 39.3 Å². The van der Waals surface area contributed by atoms with E-state index in [1.165, 1.54) is 11.6 Å². The highest BCUT2D eigenvalue weighted by molar-refractivity contribution is 5.93. The van der Waals surface area contributed by atoms with Gasteiger partial charge in [0.15, 0.2) is 5.65 Å². The quantitative estimate of drug-likeness (QED) is 0.398. The molecule has 2 aromatic heterocycles. The molecular formula is C27H32N6O2. The summed E-state index contributed by atoms with van der Waals surface area (Å²) >= 11 is 0. The molecule has 1 amide bonds. The van der Waals surface area contributed by atoms with E-state index in [0.717, 1.165) is 62.3 Å². The highest BCUT2D eigenvalue weighted by Crippen LogP contribution is 2.21. The summed E-state index contributed by atoms with van der Waals surface area (Å²) < 4.78 is 3.76. The smallest absolute Gasteiger partial charge is 0.273 e. The summed E-state index contributed by atoms with van der Waals surface area (Å²) in [5.74, 6) is -0.0431. The molecule has 1 fully saturated rings. The van der Waals surface area contributed by atoms with Crippen LogP contribution in [-0.4, -0.2) is 69.2 Å². The van der Waals surface area contributed by atoms with E-state index in [0.29, 0.717) is 12.2 Å². The maximum atomic E-state index is 12.8. The fourth-order valence-corrected chi connectivity index (χ4v) is 4.96. The fraction of sp³-hybridized carbons (Fsp3) is 0.370. The first-order chi connectivity index (χ1) is 17.1. The largest absolute Gasteiger partial charge is 0.354 e. The predicted octanol–water partition coefficient (Wildman–Crippen LogP) is 2.28. The number of carbonyl (C=O) groups is 1. The Morgan fingerprint density at radius 3 is 2.49 bits per heavy atom. The van der Waals surface area contributed by atoms with E-state index < -0.39 is 0 Å². The minimum Gasteiger partial charge on any atom is -0.354 e. The summed E-state index contributed by atoms with van der Waals surface area (Å²) in [6.45, 7) is 8.95. The summed E-state index contributed by atoms with van der Waals surface area (Å²) in [7, 11) is 0. The number of nitrogens with zero attached hydrogens (tertiary/aromatic N) is 5.